The third-order valence-corrected chi connectivity index (χ3v) is 2.18. The fourth-order valence-electron chi connectivity index (χ4n) is 1.38. The van der Waals surface area contributed by atoms with Crippen LogP contribution in [0.2, 0.25) is 0 Å². The molecule has 2 heterocycles. The molecule has 2 N–H and O–H groups in total. The number of anilines is 1. The Labute approximate surface area is 87.4 Å². The van der Waals surface area contributed by atoms with Gasteiger partial charge in [0.2, 0.25) is 5.88 Å². The van der Waals surface area contributed by atoms with Crippen molar-refractivity contribution in [3.8, 4) is 11.9 Å². The molecule has 0 bridgehead atoms. The van der Waals surface area contributed by atoms with E-state index in [0.717, 1.165) is 6.42 Å². The van der Waals surface area contributed by atoms with Gasteiger partial charge in [-0.15, -0.1) is 0 Å². The Bertz CT molecular complexity index is 394. The third kappa shape index (κ3) is 2.17. The van der Waals surface area contributed by atoms with E-state index in [-0.39, 0.29) is 11.8 Å². The van der Waals surface area contributed by atoms with E-state index in [1.54, 1.807) is 12.1 Å². The van der Waals surface area contributed by atoms with Crippen LogP contribution in [0.1, 0.15) is 12.1 Å². The molecule has 1 fully saturated rings. The number of nitrogens with two attached hydrogens (primary N) is 1. The molecule has 1 aliphatic rings. The first-order chi connectivity index (χ1) is 7.29. The van der Waals surface area contributed by atoms with E-state index < -0.39 is 0 Å². The number of nitrogen functional groups attached to an aromatic ring is 1. The van der Waals surface area contributed by atoms with Crippen molar-refractivity contribution in [3.63, 3.8) is 0 Å². The van der Waals surface area contributed by atoms with Gasteiger partial charge in [0.25, 0.3) is 0 Å². The molecule has 1 aromatic rings. The van der Waals surface area contributed by atoms with Crippen LogP contribution in [0.5, 0.6) is 5.88 Å². The van der Waals surface area contributed by atoms with E-state index in [0.29, 0.717) is 24.8 Å². The largest absolute Gasteiger partial charge is 0.472 e. The number of pyridine rings is 1. The highest BCUT2D eigenvalue weighted by Crippen LogP contribution is 2.17. The standard InChI is InChI=1S/C10H11N3O2/c11-5-9-8(12)1-2-10(13-9)15-7-3-4-14-6-7/h1-2,7H,3-4,6,12H2. The molecule has 0 radical (unpaired) electrons. The van der Waals surface area contributed by atoms with Crippen LogP contribution in [0.25, 0.3) is 0 Å². The van der Waals surface area contributed by atoms with Gasteiger partial charge in [-0.1, -0.05) is 0 Å². The average Bonchev–Trinajstić information content (AvgIpc) is 2.73. The van der Waals surface area contributed by atoms with Crippen molar-refractivity contribution in [2.45, 2.75) is 12.5 Å². The average molecular weight is 205 g/mol. The first-order valence-corrected chi connectivity index (χ1v) is 4.70. The maximum Gasteiger partial charge on any atom is 0.214 e. The van der Waals surface area contributed by atoms with Gasteiger partial charge in [0.05, 0.1) is 18.9 Å². The maximum absolute atomic E-state index is 8.73. The number of aromatic nitrogens is 1. The lowest BCUT2D eigenvalue weighted by atomic mass is 10.3. The van der Waals surface area contributed by atoms with Crippen LogP contribution in [0, 0.1) is 11.3 Å². The van der Waals surface area contributed by atoms with Crippen molar-refractivity contribution >= 4 is 5.69 Å². The number of hydrogen-bond donors (Lipinski definition) is 1. The van der Waals surface area contributed by atoms with Gasteiger partial charge in [0.1, 0.15) is 12.2 Å². The lowest BCUT2D eigenvalue weighted by Gasteiger charge is -2.10. The Balaban J connectivity index is 2.11. The molecule has 0 spiro atoms. The quantitative estimate of drug-likeness (QED) is 0.768. The van der Waals surface area contributed by atoms with Crippen LogP contribution in [-0.4, -0.2) is 24.3 Å². The summed E-state index contributed by atoms with van der Waals surface area (Å²) in [5.41, 5.74) is 6.11. The predicted octanol–water partition coefficient (Wildman–Crippen LogP) is 0.703. The fourth-order valence-corrected chi connectivity index (χ4v) is 1.38. The summed E-state index contributed by atoms with van der Waals surface area (Å²) in [5, 5.41) is 8.73. The molecular formula is C10H11N3O2. The molecule has 15 heavy (non-hydrogen) atoms. The highest BCUT2D eigenvalue weighted by atomic mass is 16.5. The van der Waals surface area contributed by atoms with Gasteiger partial charge >= 0.3 is 0 Å². The summed E-state index contributed by atoms with van der Waals surface area (Å²) in [6.07, 6.45) is 0.890. The molecule has 0 saturated carbocycles. The van der Waals surface area contributed by atoms with Gasteiger partial charge in [0.15, 0.2) is 5.69 Å². The molecule has 2 rings (SSSR count). The molecule has 1 unspecified atom stereocenters. The summed E-state index contributed by atoms with van der Waals surface area (Å²) < 4.78 is 10.7. The molecule has 5 nitrogen and oxygen atoms in total. The first kappa shape index (κ1) is 9.74. The Hall–Kier alpha value is -1.80. The first-order valence-electron chi connectivity index (χ1n) is 4.70. The van der Waals surface area contributed by atoms with E-state index >= 15 is 0 Å². The van der Waals surface area contributed by atoms with Crippen LogP contribution < -0.4 is 10.5 Å². The summed E-state index contributed by atoms with van der Waals surface area (Å²) in [6, 6.07) is 5.20. The van der Waals surface area contributed by atoms with Crippen molar-refractivity contribution in [2.75, 3.05) is 18.9 Å². The van der Waals surface area contributed by atoms with E-state index in [9.17, 15) is 0 Å². The van der Waals surface area contributed by atoms with E-state index in [1.165, 1.54) is 0 Å². The van der Waals surface area contributed by atoms with Crippen LogP contribution in [0.3, 0.4) is 0 Å². The second kappa shape index (κ2) is 4.15. The smallest absolute Gasteiger partial charge is 0.214 e. The Morgan fingerprint density at radius 3 is 3.13 bits per heavy atom. The molecule has 0 aliphatic carbocycles. The van der Waals surface area contributed by atoms with Gasteiger partial charge < -0.3 is 15.2 Å². The number of hydrogen-bond acceptors (Lipinski definition) is 5. The summed E-state index contributed by atoms with van der Waals surface area (Å²) in [7, 11) is 0. The lowest BCUT2D eigenvalue weighted by molar-refractivity contribution is 0.138. The third-order valence-electron chi connectivity index (χ3n) is 2.18. The van der Waals surface area contributed by atoms with Crippen molar-refractivity contribution < 1.29 is 9.47 Å². The SMILES string of the molecule is N#Cc1nc(OC2CCOC2)ccc1N. The predicted molar refractivity (Wildman–Crippen MR) is 53.2 cm³/mol. The number of ether oxygens (including phenoxy) is 2. The molecule has 5 heteroatoms. The lowest BCUT2D eigenvalue weighted by Crippen LogP contribution is -2.16. The monoisotopic (exact) mass is 205 g/mol. The maximum atomic E-state index is 8.73. The summed E-state index contributed by atoms with van der Waals surface area (Å²) in [6.45, 7) is 1.29. The zero-order valence-corrected chi connectivity index (χ0v) is 8.14. The Morgan fingerprint density at radius 1 is 1.60 bits per heavy atom. The normalized spacial score (nSPS) is 19.8. The summed E-state index contributed by atoms with van der Waals surface area (Å²) >= 11 is 0. The van der Waals surface area contributed by atoms with Crippen LogP contribution in [0.15, 0.2) is 12.1 Å². The number of rotatable bonds is 2. The van der Waals surface area contributed by atoms with Crippen molar-refractivity contribution in [3.05, 3.63) is 17.8 Å². The van der Waals surface area contributed by atoms with E-state index in [1.807, 2.05) is 6.07 Å². The topological polar surface area (TPSA) is 81.2 Å². The second-order valence-electron chi connectivity index (χ2n) is 3.30. The minimum Gasteiger partial charge on any atom is -0.472 e. The fraction of sp³-hybridized carbons (Fsp3) is 0.400. The van der Waals surface area contributed by atoms with Gasteiger partial charge in [0, 0.05) is 12.5 Å². The molecule has 0 amide bonds. The van der Waals surface area contributed by atoms with Crippen molar-refractivity contribution in [1.82, 2.24) is 4.98 Å². The summed E-state index contributed by atoms with van der Waals surface area (Å²) in [5.74, 6) is 0.427. The van der Waals surface area contributed by atoms with Crippen LogP contribution in [0.4, 0.5) is 5.69 Å². The molecule has 0 aromatic carbocycles. The van der Waals surface area contributed by atoms with Crippen molar-refractivity contribution in [1.29, 1.82) is 5.26 Å². The van der Waals surface area contributed by atoms with Crippen LogP contribution in [-0.2, 0) is 4.74 Å². The van der Waals surface area contributed by atoms with Gasteiger partial charge in [-0.2, -0.15) is 5.26 Å². The van der Waals surface area contributed by atoms with E-state index in [4.69, 9.17) is 20.5 Å². The van der Waals surface area contributed by atoms with Gasteiger partial charge in [-0.3, -0.25) is 0 Å². The molecule has 1 aromatic heterocycles. The number of nitriles is 1. The zero-order chi connectivity index (χ0) is 10.7. The molecule has 1 aliphatic heterocycles. The highest BCUT2D eigenvalue weighted by molar-refractivity contribution is 5.50. The second-order valence-corrected chi connectivity index (χ2v) is 3.30. The van der Waals surface area contributed by atoms with Crippen molar-refractivity contribution in [2.24, 2.45) is 0 Å². The minimum absolute atomic E-state index is 0.0349. The van der Waals surface area contributed by atoms with Gasteiger partial charge in [-0.05, 0) is 6.07 Å². The molecular weight excluding hydrogens is 194 g/mol. The molecule has 78 valence electrons. The van der Waals surface area contributed by atoms with E-state index in [2.05, 4.69) is 4.98 Å². The summed E-state index contributed by atoms with van der Waals surface area (Å²) in [4.78, 5) is 3.99. The molecule has 1 saturated heterocycles. The highest BCUT2D eigenvalue weighted by Gasteiger charge is 2.18. The Kier molecular flexibility index (Phi) is 2.70. The molecule has 1 atom stereocenters. The number of nitrogens with zero attached hydrogens (tertiary/aromatic N) is 2. The van der Waals surface area contributed by atoms with Gasteiger partial charge in [-0.25, -0.2) is 4.98 Å². The zero-order valence-electron chi connectivity index (χ0n) is 8.14. The van der Waals surface area contributed by atoms with Crippen LogP contribution >= 0.6 is 0 Å². The Morgan fingerprint density at radius 2 is 2.47 bits per heavy atom. The minimum atomic E-state index is 0.0349.